The Morgan fingerprint density at radius 2 is 1.86 bits per heavy atom. The Kier molecular flexibility index (Phi) is 4.71. The number of nitrogens with one attached hydrogen (secondary N) is 1. The predicted octanol–water partition coefficient (Wildman–Crippen LogP) is 2.31. The Morgan fingerprint density at radius 3 is 2.29 bits per heavy atom. The van der Waals surface area contributed by atoms with Crippen LogP contribution in [0.5, 0.6) is 0 Å². The molecule has 118 valence electrons. The molecule has 0 atom stereocenters. The summed E-state index contributed by atoms with van der Waals surface area (Å²) in [6, 6.07) is 0. The van der Waals surface area contributed by atoms with E-state index in [1.54, 1.807) is 0 Å². The topological polar surface area (TPSA) is 44.3 Å². The quantitative estimate of drug-likeness (QED) is 0.871. The lowest BCUT2D eigenvalue weighted by atomic mass is 9.75. The van der Waals surface area contributed by atoms with Crippen LogP contribution in [0, 0.1) is 6.92 Å². The molecule has 0 amide bonds. The molecule has 1 aliphatic rings. The number of aryl methyl sites for hydroxylation is 1. The first-order chi connectivity index (χ1) is 9.93. The van der Waals surface area contributed by atoms with Crippen LogP contribution >= 0.6 is 0 Å². The summed E-state index contributed by atoms with van der Waals surface area (Å²) in [5.41, 5.74) is 1.43. The van der Waals surface area contributed by atoms with Gasteiger partial charge in [0.05, 0.1) is 0 Å². The minimum Gasteiger partial charge on any atom is -0.373 e. The molecule has 5 nitrogen and oxygen atoms in total. The fourth-order valence-corrected chi connectivity index (χ4v) is 3.17. The van der Waals surface area contributed by atoms with Crippen molar-refractivity contribution in [1.82, 2.24) is 14.9 Å². The SMILES string of the molecule is CCc1nc(NC)c(C)c(N(C)CC2(N(C)C)CCC2)n1. The fourth-order valence-electron chi connectivity index (χ4n) is 3.17. The molecule has 0 saturated heterocycles. The lowest BCUT2D eigenvalue weighted by molar-refractivity contribution is 0.0681. The number of rotatable bonds is 6. The van der Waals surface area contributed by atoms with E-state index in [1.165, 1.54) is 19.3 Å². The highest BCUT2D eigenvalue weighted by atomic mass is 15.3. The molecule has 0 aromatic carbocycles. The summed E-state index contributed by atoms with van der Waals surface area (Å²) in [6.07, 6.45) is 4.73. The van der Waals surface area contributed by atoms with Crippen LogP contribution in [0.1, 0.15) is 37.6 Å². The minimum absolute atomic E-state index is 0.304. The molecule has 0 bridgehead atoms. The second kappa shape index (κ2) is 6.18. The van der Waals surface area contributed by atoms with E-state index in [-0.39, 0.29) is 0 Å². The third kappa shape index (κ3) is 2.98. The standard InChI is InChI=1S/C16H29N5/c1-7-13-18-14(17-3)12(2)15(19-13)21(6)11-16(20(4)5)9-8-10-16/h7-11H2,1-6H3,(H,17,18,19). The largest absolute Gasteiger partial charge is 0.373 e. The first-order valence-electron chi connectivity index (χ1n) is 7.87. The zero-order valence-electron chi connectivity index (χ0n) is 14.3. The normalized spacial score (nSPS) is 16.7. The molecule has 5 heteroatoms. The van der Waals surface area contributed by atoms with Crippen molar-refractivity contribution in [3.63, 3.8) is 0 Å². The molecule has 1 aliphatic carbocycles. The smallest absolute Gasteiger partial charge is 0.137 e. The van der Waals surface area contributed by atoms with E-state index >= 15 is 0 Å². The number of aromatic nitrogens is 2. The summed E-state index contributed by atoms with van der Waals surface area (Å²) in [7, 11) is 8.45. The van der Waals surface area contributed by atoms with Gasteiger partial charge in [0.25, 0.3) is 0 Å². The number of likely N-dealkylation sites (N-methyl/N-ethyl adjacent to an activating group) is 2. The molecule has 0 spiro atoms. The van der Waals surface area contributed by atoms with Gasteiger partial charge in [-0.15, -0.1) is 0 Å². The van der Waals surface area contributed by atoms with Gasteiger partial charge in [0.15, 0.2) is 0 Å². The van der Waals surface area contributed by atoms with Gasteiger partial charge in [-0.05, 0) is 40.3 Å². The second-order valence-corrected chi connectivity index (χ2v) is 6.37. The summed E-state index contributed by atoms with van der Waals surface area (Å²) in [5, 5.41) is 3.19. The van der Waals surface area contributed by atoms with E-state index in [2.05, 4.69) is 55.1 Å². The van der Waals surface area contributed by atoms with Crippen LogP contribution in [0.4, 0.5) is 11.6 Å². The molecular weight excluding hydrogens is 262 g/mol. The molecule has 2 rings (SSSR count). The summed E-state index contributed by atoms with van der Waals surface area (Å²) in [6.45, 7) is 5.21. The summed E-state index contributed by atoms with van der Waals surface area (Å²) >= 11 is 0. The molecule has 1 heterocycles. The summed E-state index contributed by atoms with van der Waals surface area (Å²) in [4.78, 5) is 14.0. The molecule has 1 fully saturated rings. The van der Waals surface area contributed by atoms with Crippen molar-refractivity contribution < 1.29 is 0 Å². The summed E-state index contributed by atoms with van der Waals surface area (Å²) in [5.74, 6) is 2.90. The lowest BCUT2D eigenvalue weighted by Crippen LogP contribution is -2.57. The second-order valence-electron chi connectivity index (χ2n) is 6.37. The molecule has 1 N–H and O–H groups in total. The van der Waals surface area contributed by atoms with Gasteiger partial charge in [0.2, 0.25) is 0 Å². The van der Waals surface area contributed by atoms with Crippen molar-refractivity contribution in [3.05, 3.63) is 11.4 Å². The zero-order valence-corrected chi connectivity index (χ0v) is 14.3. The van der Waals surface area contributed by atoms with E-state index in [0.717, 1.165) is 36.0 Å². The Hall–Kier alpha value is -1.36. The van der Waals surface area contributed by atoms with Crippen LogP contribution < -0.4 is 10.2 Å². The van der Waals surface area contributed by atoms with E-state index < -0.39 is 0 Å². The molecule has 0 unspecified atom stereocenters. The van der Waals surface area contributed by atoms with Crippen LogP contribution in [-0.4, -0.2) is 55.1 Å². The zero-order chi connectivity index (χ0) is 15.6. The van der Waals surface area contributed by atoms with Crippen molar-refractivity contribution in [1.29, 1.82) is 0 Å². The molecule has 0 radical (unpaired) electrons. The highest BCUT2D eigenvalue weighted by Gasteiger charge is 2.40. The molecule has 0 aliphatic heterocycles. The van der Waals surface area contributed by atoms with E-state index in [0.29, 0.717) is 5.54 Å². The number of nitrogens with zero attached hydrogens (tertiary/aromatic N) is 4. The Morgan fingerprint density at radius 1 is 1.19 bits per heavy atom. The number of hydrogen-bond acceptors (Lipinski definition) is 5. The minimum atomic E-state index is 0.304. The van der Waals surface area contributed by atoms with Gasteiger partial charge < -0.3 is 15.1 Å². The van der Waals surface area contributed by atoms with Crippen molar-refractivity contribution in [2.24, 2.45) is 0 Å². The molecule has 21 heavy (non-hydrogen) atoms. The Balaban J connectivity index is 2.28. The molecular formula is C16H29N5. The van der Waals surface area contributed by atoms with Crippen LogP contribution in [0.25, 0.3) is 0 Å². The van der Waals surface area contributed by atoms with E-state index in [4.69, 9.17) is 4.98 Å². The van der Waals surface area contributed by atoms with Gasteiger partial charge in [0.1, 0.15) is 17.5 Å². The average Bonchev–Trinajstić information content (AvgIpc) is 2.42. The van der Waals surface area contributed by atoms with Crippen LogP contribution in [0.3, 0.4) is 0 Å². The first-order valence-corrected chi connectivity index (χ1v) is 7.87. The van der Waals surface area contributed by atoms with Gasteiger partial charge >= 0.3 is 0 Å². The summed E-state index contributed by atoms with van der Waals surface area (Å²) < 4.78 is 0. The molecule has 1 saturated carbocycles. The fraction of sp³-hybridized carbons (Fsp3) is 0.750. The monoisotopic (exact) mass is 291 g/mol. The third-order valence-electron chi connectivity index (χ3n) is 4.85. The van der Waals surface area contributed by atoms with E-state index in [9.17, 15) is 0 Å². The van der Waals surface area contributed by atoms with Crippen LogP contribution in [-0.2, 0) is 6.42 Å². The van der Waals surface area contributed by atoms with Gasteiger partial charge in [-0.25, -0.2) is 9.97 Å². The van der Waals surface area contributed by atoms with Crippen LogP contribution in [0.2, 0.25) is 0 Å². The van der Waals surface area contributed by atoms with E-state index in [1.807, 2.05) is 7.05 Å². The van der Waals surface area contributed by atoms with Gasteiger partial charge in [-0.2, -0.15) is 0 Å². The Labute approximate surface area is 128 Å². The highest BCUT2D eigenvalue weighted by Crippen LogP contribution is 2.37. The Bertz CT molecular complexity index is 494. The first kappa shape index (κ1) is 16.0. The van der Waals surface area contributed by atoms with Gasteiger partial charge in [-0.1, -0.05) is 6.92 Å². The maximum Gasteiger partial charge on any atom is 0.137 e. The third-order valence-corrected chi connectivity index (χ3v) is 4.85. The maximum absolute atomic E-state index is 4.76. The molecule has 1 aromatic heterocycles. The maximum atomic E-state index is 4.76. The number of hydrogen-bond donors (Lipinski definition) is 1. The van der Waals surface area contributed by atoms with Gasteiger partial charge in [0, 0.05) is 38.2 Å². The lowest BCUT2D eigenvalue weighted by Gasteiger charge is -2.49. The molecule has 1 aromatic rings. The van der Waals surface area contributed by atoms with Crippen LogP contribution in [0.15, 0.2) is 0 Å². The highest BCUT2D eigenvalue weighted by molar-refractivity contribution is 5.58. The van der Waals surface area contributed by atoms with Crippen molar-refractivity contribution >= 4 is 11.6 Å². The number of anilines is 2. The van der Waals surface area contributed by atoms with Gasteiger partial charge in [-0.3, -0.25) is 0 Å². The predicted molar refractivity (Wildman–Crippen MR) is 89.2 cm³/mol. The van der Waals surface area contributed by atoms with Crippen molar-refractivity contribution in [2.45, 2.75) is 45.1 Å². The van der Waals surface area contributed by atoms with Crippen molar-refractivity contribution in [2.75, 3.05) is 45.0 Å². The van der Waals surface area contributed by atoms with Crippen molar-refractivity contribution in [3.8, 4) is 0 Å². The average molecular weight is 291 g/mol.